The van der Waals surface area contributed by atoms with Crippen LogP contribution in [0.2, 0.25) is 0 Å². The summed E-state index contributed by atoms with van der Waals surface area (Å²) in [6.07, 6.45) is 0.962. The van der Waals surface area contributed by atoms with Crippen LogP contribution in [-0.2, 0) is 14.8 Å². The van der Waals surface area contributed by atoms with Crippen LogP contribution in [0.15, 0.2) is 24.3 Å². The Bertz CT molecular complexity index is 832. The van der Waals surface area contributed by atoms with Crippen LogP contribution in [-0.4, -0.2) is 36.8 Å². The zero-order chi connectivity index (χ0) is 17.2. The van der Waals surface area contributed by atoms with Gasteiger partial charge in [-0.3, -0.25) is 9.89 Å². The van der Waals surface area contributed by atoms with E-state index < -0.39 is 27.8 Å². The second kappa shape index (κ2) is 6.47. The van der Waals surface area contributed by atoms with E-state index >= 15 is 0 Å². The third kappa shape index (κ3) is 4.60. The highest BCUT2D eigenvalue weighted by molar-refractivity contribution is 7.88. The number of halogens is 1. The number of aryl methyl sites for hydroxylation is 1. The number of sulfonamides is 1. The molecule has 0 spiro atoms. The highest BCUT2D eigenvalue weighted by atomic mass is 32.2. The van der Waals surface area contributed by atoms with Gasteiger partial charge in [-0.25, -0.2) is 17.5 Å². The summed E-state index contributed by atoms with van der Waals surface area (Å²) in [5.41, 5.74) is 1.62. The molecule has 0 bridgehead atoms. The number of rotatable bonds is 5. The molecule has 1 aromatic carbocycles. The normalized spacial score (nSPS) is 12.9. The Morgan fingerprint density at radius 2 is 2.04 bits per heavy atom. The second-order valence-corrected chi connectivity index (χ2v) is 7.03. The molecule has 7 nitrogen and oxygen atoms in total. The van der Waals surface area contributed by atoms with E-state index in [-0.39, 0.29) is 5.82 Å². The lowest BCUT2D eigenvalue weighted by Gasteiger charge is -2.10. The first-order chi connectivity index (χ1) is 10.7. The van der Waals surface area contributed by atoms with Gasteiger partial charge in [-0.15, -0.1) is 0 Å². The maximum Gasteiger partial charge on any atom is 0.243 e. The molecule has 0 radical (unpaired) electrons. The van der Waals surface area contributed by atoms with E-state index in [4.69, 9.17) is 0 Å². The summed E-state index contributed by atoms with van der Waals surface area (Å²) in [5, 5.41) is 8.98. The lowest BCUT2D eigenvalue weighted by Crippen LogP contribution is -2.41. The monoisotopic (exact) mass is 340 g/mol. The third-order valence-corrected chi connectivity index (χ3v) is 3.81. The molecule has 0 saturated heterocycles. The second-order valence-electron chi connectivity index (χ2n) is 5.25. The Kier molecular flexibility index (Phi) is 4.81. The highest BCUT2D eigenvalue weighted by Gasteiger charge is 2.18. The molecule has 1 aromatic heterocycles. The molecular weight excluding hydrogens is 323 g/mol. The fraction of sp³-hybridized carbons (Fsp3) is 0.286. The van der Waals surface area contributed by atoms with Crippen molar-refractivity contribution >= 4 is 21.7 Å². The van der Waals surface area contributed by atoms with Gasteiger partial charge >= 0.3 is 0 Å². The van der Waals surface area contributed by atoms with Crippen molar-refractivity contribution in [1.82, 2.24) is 14.9 Å². The van der Waals surface area contributed by atoms with Crippen molar-refractivity contribution < 1.29 is 17.6 Å². The van der Waals surface area contributed by atoms with Crippen molar-refractivity contribution in [3.8, 4) is 11.3 Å². The Labute approximate surface area is 133 Å². The predicted molar refractivity (Wildman–Crippen MR) is 84.8 cm³/mol. The number of nitrogens with zero attached hydrogens (tertiary/aromatic N) is 1. The molecule has 1 heterocycles. The summed E-state index contributed by atoms with van der Waals surface area (Å²) in [7, 11) is -3.50. The molecular formula is C14H17FN4O3S. The zero-order valence-electron chi connectivity index (χ0n) is 12.8. The minimum atomic E-state index is -3.50. The predicted octanol–water partition coefficient (Wildman–Crippen LogP) is 1.40. The summed E-state index contributed by atoms with van der Waals surface area (Å²) in [6.45, 7) is 3.24. The molecule has 0 fully saturated rings. The first kappa shape index (κ1) is 17.1. The number of hydrogen-bond donors (Lipinski definition) is 3. The van der Waals surface area contributed by atoms with E-state index in [1.54, 1.807) is 12.1 Å². The van der Waals surface area contributed by atoms with E-state index in [0.29, 0.717) is 11.3 Å². The molecule has 1 amide bonds. The molecule has 9 heteroatoms. The first-order valence-corrected chi connectivity index (χ1v) is 8.65. The minimum Gasteiger partial charge on any atom is -0.308 e. The van der Waals surface area contributed by atoms with Crippen LogP contribution in [0, 0.1) is 12.7 Å². The molecule has 0 aliphatic carbocycles. The molecule has 0 aliphatic rings. The largest absolute Gasteiger partial charge is 0.308 e. The van der Waals surface area contributed by atoms with Crippen LogP contribution >= 0.6 is 0 Å². The molecule has 23 heavy (non-hydrogen) atoms. The topological polar surface area (TPSA) is 104 Å². The maximum atomic E-state index is 13.8. The maximum absolute atomic E-state index is 13.8. The third-order valence-electron chi connectivity index (χ3n) is 3.03. The van der Waals surface area contributed by atoms with Gasteiger partial charge in [-0.05, 0) is 26.0 Å². The first-order valence-electron chi connectivity index (χ1n) is 6.76. The quantitative estimate of drug-likeness (QED) is 0.765. The van der Waals surface area contributed by atoms with Gasteiger partial charge in [-0.2, -0.15) is 5.10 Å². The van der Waals surface area contributed by atoms with E-state index in [0.717, 1.165) is 11.8 Å². The Morgan fingerprint density at radius 3 is 2.70 bits per heavy atom. The molecule has 0 aliphatic heterocycles. The molecule has 3 N–H and O–H groups in total. The summed E-state index contributed by atoms with van der Waals surface area (Å²) >= 11 is 0. The van der Waals surface area contributed by atoms with Crippen LogP contribution in [0.1, 0.15) is 12.5 Å². The van der Waals surface area contributed by atoms with E-state index in [9.17, 15) is 17.6 Å². The number of carbonyl (C=O) groups is 1. The van der Waals surface area contributed by atoms with Gasteiger partial charge in [0.15, 0.2) is 5.82 Å². The molecule has 0 unspecified atom stereocenters. The smallest absolute Gasteiger partial charge is 0.243 e. The zero-order valence-corrected chi connectivity index (χ0v) is 13.7. The van der Waals surface area contributed by atoms with Gasteiger partial charge in [0, 0.05) is 11.6 Å². The number of aromatic nitrogens is 2. The molecule has 0 saturated carbocycles. The average Bonchev–Trinajstić information content (AvgIpc) is 2.88. The van der Waals surface area contributed by atoms with Gasteiger partial charge in [0.05, 0.1) is 18.0 Å². The van der Waals surface area contributed by atoms with Crippen molar-refractivity contribution in [2.45, 2.75) is 19.9 Å². The van der Waals surface area contributed by atoms with Crippen LogP contribution < -0.4 is 10.0 Å². The van der Waals surface area contributed by atoms with Crippen molar-refractivity contribution in [2.24, 2.45) is 0 Å². The van der Waals surface area contributed by atoms with Crippen LogP contribution in [0.25, 0.3) is 11.3 Å². The van der Waals surface area contributed by atoms with Crippen molar-refractivity contribution in [3.05, 3.63) is 35.6 Å². The number of nitrogens with one attached hydrogen (secondary N) is 3. The average molecular weight is 340 g/mol. The lowest BCUT2D eigenvalue weighted by atomic mass is 10.1. The van der Waals surface area contributed by atoms with Crippen LogP contribution in [0.3, 0.4) is 0 Å². The molecule has 124 valence electrons. The van der Waals surface area contributed by atoms with Gasteiger partial charge in [0.1, 0.15) is 5.82 Å². The van der Waals surface area contributed by atoms with E-state index in [2.05, 4.69) is 20.2 Å². The standard InChI is InChI=1S/C14H17FN4O3S/c1-8-4-5-11(15)10(6-8)12-7-13(18-17-12)16-14(20)9(2)19-23(3,21)22/h4-7,9,19H,1-3H3,(H2,16,17,18,20)/t9-/m0/s1. The van der Waals surface area contributed by atoms with Crippen molar-refractivity contribution in [2.75, 3.05) is 11.6 Å². The van der Waals surface area contributed by atoms with Gasteiger partial charge in [0.25, 0.3) is 0 Å². The summed E-state index contributed by atoms with van der Waals surface area (Å²) in [6, 6.07) is 5.17. The SMILES string of the molecule is Cc1ccc(F)c(-c2cc(NC(=O)[C@H](C)NS(C)(=O)=O)n[nH]2)c1. The number of amides is 1. The minimum absolute atomic E-state index is 0.174. The van der Waals surface area contributed by atoms with Crippen molar-refractivity contribution in [1.29, 1.82) is 0 Å². The summed E-state index contributed by atoms with van der Waals surface area (Å²) in [5.74, 6) is -0.810. The van der Waals surface area contributed by atoms with Crippen LogP contribution in [0.5, 0.6) is 0 Å². The lowest BCUT2D eigenvalue weighted by molar-refractivity contribution is -0.117. The van der Waals surface area contributed by atoms with Gasteiger partial charge in [0.2, 0.25) is 15.9 Å². The Hall–Kier alpha value is -2.26. The number of carbonyl (C=O) groups excluding carboxylic acids is 1. The van der Waals surface area contributed by atoms with E-state index in [1.165, 1.54) is 19.1 Å². The number of benzene rings is 1. The fourth-order valence-electron chi connectivity index (χ4n) is 1.98. The number of aromatic amines is 1. The summed E-state index contributed by atoms with van der Waals surface area (Å²) < 4.78 is 38.2. The molecule has 2 rings (SSSR count). The highest BCUT2D eigenvalue weighted by Crippen LogP contribution is 2.24. The number of hydrogen-bond acceptors (Lipinski definition) is 4. The Balaban J connectivity index is 2.14. The van der Waals surface area contributed by atoms with Gasteiger partial charge < -0.3 is 5.32 Å². The number of anilines is 1. The fourth-order valence-corrected chi connectivity index (χ4v) is 2.73. The number of H-pyrrole nitrogens is 1. The Morgan fingerprint density at radius 1 is 1.35 bits per heavy atom. The van der Waals surface area contributed by atoms with Crippen LogP contribution in [0.4, 0.5) is 10.2 Å². The van der Waals surface area contributed by atoms with Gasteiger partial charge in [-0.1, -0.05) is 11.6 Å². The van der Waals surface area contributed by atoms with Crippen molar-refractivity contribution in [3.63, 3.8) is 0 Å². The summed E-state index contributed by atoms with van der Waals surface area (Å²) in [4.78, 5) is 11.9. The molecule has 2 aromatic rings. The molecule has 1 atom stereocenters. The van der Waals surface area contributed by atoms with E-state index in [1.807, 2.05) is 6.92 Å².